The van der Waals surface area contributed by atoms with Crippen LogP contribution in [-0.4, -0.2) is 66.3 Å². The van der Waals surface area contributed by atoms with Crippen molar-refractivity contribution in [3.8, 4) is 0 Å². The van der Waals surface area contributed by atoms with Crippen molar-refractivity contribution >= 4 is 12.0 Å². The molecule has 25 heavy (non-hydrogen) atoms. The van der Waals surface area contributed by atoms with Gasteiger partial charge < -0.3 is 14.7 Å². The second-order valence-electron chi connectivity index (χ2n) is 6.88. The number of carbonyl (C=O) groups is 2. The maximum Gasteiger partial charge on any atom is 0.410 e. The minimum Gasteiger partial charge on any atom is -0.448 e. The number of rotatable bonds is 5. The zero-order valence-electron chi connectivity index (χ0n) is 14.1. The highest BCUT2D eigenvalue weighted by molar-refractivity contribution is 5.83. The lowest BCUT2D eigenvalue weighted by atomic mass is 9.74. The maximum atomic E-state index is 13.4. The first-order chi connectivity index (χ1) is 12.0. The predicted octanol–water partition coefficient (Wildman–Crippen LogP) is 1.42. The van der Waals surface area contributed by atoms with Crippen LogP contribution >= 0.6 is 0 Å². The molecule has 1 aromatic rings. The van der Waals surface area contributed by atoms with Crippen LogP contribution in [0.25, 0.3) is 0 Å². The molecule has 2 aliphatic heterocycles. The monoisotopic (exact) mass is 350 g/mol. The van der Waals surface area contributed by atoms with Crippen molar-refractivity contribution in [1.29, 1.82) is 0 Å². The summed E-state index contributed by atoms with van der Waals surface area (Å²) in [6.45, 7) is 1.86. The number of amides is 2. The molecule has 2 saturated heterocycles. The summed E-state index contributed by atoms with van der Waals surface area (Å²) in [5.74, 6) is -0.383. The third-order valence-corrected chi connectivity index (χ3v) is 5.15. The summed E-state index contributed by atoms with van der Waals surface area (Å²) in [5, 5.41) is 9.89. The number of benzene rings is 1. The largest absolute Gasteiger partial charge is 0.448 e. The van der Waals surface area contributed by atoms with E-state index in [1.807, 2.05) is 6.07 Å². The number of piperidine rings is 1. The Kier molecular flexibility index (Phi) is 5.22. The number of aliphatic hydroxyl groups excluding tert-OH is 1. The lowest BCUT2D eigenvalue weighted by Crippen LogP contribution is -2.48. The zero-order valence-corrected chi connectivity index (χ0v) is 14.1. The molecule has 0 atom stereocenters. The third kappa shape index (κ3) is 4.10. The number of nitrogens with zero attached hydrogens (tertiary/aromatic N) is 2. The molecule has 0 aromatic heterocycles. The van der Waals surface area contributed by atoms with Gasteiger partial charge in [-0.1, -0.05) is 12.1 Å². The van der Waals surface area contributed by atoms with Gasteiger partial charge >= 0.3 is 6.09 Å². The Bertz CT molecular complexity index is 644. The van der Waals surface area contributed by atoms with Gasteiger partial charge in [-0.05, 0) is 37.0 Å². The average molecular weight is 350 g/mol. The van der Waals surface area contributed by atoms with Gasteiger partial charge in [-0.3, -0.25) is 9.69 Å². The van der Waals surface area contributed by atoms with Gasteiger partial charge in [0, 0.05) is 25.1 Å². The molecule has 0 bridgehead atoms. The minimum atomic E-state index is -0.443. The number of ether oxygens (including phenoxy) is 1. The van der Waals surface area contributed by atoms with Crippen molar-refractivity contribution in [2.24, 2.45) is 5.41 Å². The van der Waals surface area contributed by atoms with Crippen molar-refractivity contribution in [1.82, 2.24) is 9.80 Å². The molecule has 2 fully saturated rings. The van der Waals surface area contributed by atoms with Crippen LogP contribution in [-0.2, 0) is 16.0 Å². The van der Waals surface area contributed by atoms with Crippen LogP contribution in [0.15, 0.2) is 24.3 Å². The van der Waals surface area contributed by atoms with E-state index in [9.17, 15) is 19.1 Å². The fourth-order valence-electron chi connectivity index (χ4n) is 3.53. The van der Waals surface area contributed by atoms with Crippen molar-refractivity contribution in [3.63, 3.8) is 0 Å². The predicted molar refractivity (Wildman–Crippen MR) is 88.4 cm³/mol. The van der Waals surface area contributed by atoms with Crippen LogP contribution < -0.4 is 0 Å². The smallest absolute Gasteiger partial charge is 0.410 e. The summed E-state index contributed by atoms with van der Waals surface area (Å²) in [6.07, 6.45) is 1.44. The molecule has 0 spiro atoms. The molecule has 2 aliphatic rings. The molecule has 1 N–H and O–H groups in total. The molecular weight excluding hydrogens is 327 g/mol. The molecule has 0 aliphatic carbocycles. The van der Waals surface area contributed by atoms with E-state index >= 15 is 0 Å². The van der Waals surface area contributed by atoms with Crippen LogP contribution in [0.1, 0.15) is 18.4 Å². The van der Waals surface area contributed by atoms with E-state index in [0.717, 1.165) is 5.56 Å². The minimum absolute atomic E-state index is 0.00396. The van der Waals surface area contributed by atoms with Crippen molar-refractivity contribution in [3.05, 3.63) is 35.6 Å². The highest BCUT2D eigenvalue weighted by Gasteiger charge is 2.36. The molecule has 2 heterocycles. The number of likely N-dealkylation sites (tertiary alicyclic amines) is 1. The Hall–Kier alpha value is -2.15. The number of halogens is 1. The molecule has 0 saturated carbocycles. The standard InChI is InChI=1S/C18H23FN2O4/c19-15-3-1-2-14(10-15)11-18(13-22)4-6-20(7-5-18)16(23)12-21-8-9-25-17(21)24/h1-3,10,22H,4-9,11-13H2. The zero-order chi connectivity index (χ0) is 17.9. The van der Waals surface area contributed by atoms with Crippen LogP contribution in [0.3, 0.4) is 0 Å². The first kappa shape index (κ1) is 17.7. The highest BCUT2D eigenvalue weighted by Crippen LogP contribution is 2.35. The maximum absolute atomic E-state index is 13.4. The average Bonchev–Trinajstić information content (AvgIpc) is 3.00. The van der Waals surface area contributed by atoms with E-state index in [1.54, 1.807) is 11.0 Å². The van der Waals surface area contributed by atoms with Crippen molar-refractivity contribution < 1.29 is 23.8 Å². The third-order valence-electron chi connectivity index (χ3n) is 5.15. The van der Waals surface area contributed by atoms with Gasteiger partial charge in [-0.2, -0.15) is 0 Å². The Morgan fingerprint density at radius 3 is 2.64 bits per heavy atom. The number of carbonyl (C=O) groups excluding carboxylic acids is 2. The van der Waals surface area contributed by atoms with E-state index in [4.69, 9.17) is 4.74 Å². The Morgan fingerprint density at radius 2 is 2.04 bits per heavy atom. The molecular formula is C18H23FN2O4. The fourth-order valence-corrected chi connectivity index (χ4v) is 3.53. The molecule has 7 heteroatoms. The molecule has 136 valence electrons. The lowest BCUT2D eigenvalue weighted by molar-refractivity contribution is -0.134. The Balaban J connectivity index is 1.57. The number of cyclic esters (lactones) is 1. The van der Waals surface area contributed by atoms with E-state index in [2.05, 4.69) is 0 Å². The second kappa shape index (κ2) is 7.39. The summed E-state index contributed by atoms with van der Waals surface area (Å²) >= 11 is 0. The SMILES string of the molecule is O=C(CN1CCOC1=O)N1CCC(CO)(Cc2cccc(F)c2)CC1. The normalized spacial score (nSPS) is 19.8. The quantitative estimate of drug-likeness (QED) is 0.872. The second-order valence-corrected chi connectivity index (χ2v) is 6.88. The van der Waals surface area contributed by atoms with Crippen LogP contribution in [0.4, 0.5) is 9.18 Å². The molecule has 0 unspecified atom stereocenters. The van der Waals surface area contributed by atoms with Crippen LogP contribution in [0.2, 0.25) is 0 Å². The number of hydrogen-bond donors (Lipinski definition) is 1. The first-order valence-electron chi connectivity index (χ1n) is 8.56. The Labute approximate surface area is 146 Å². The molecule has 0 radical (unpaired) electrons. The van der Waals surface area contributed by atoms with Gasteiger partial charge in [0.1, 0.15) is 19.0 Å². The van der Waals surface area contributed by atoms with Gasteiger partial charge in [-0.25, -0.2) is 9.18 Å². The number of aliphatic hydroxyl groups is 1. The van der Waals surface area contributed by atoms with Gasteiger partial charge in [-0.15, -0.1) is 0 Å². The van der Waals surface area contributed by atoms with Crippen LogP contribution in [0, 0.1) is 11.2 Å². The molecule has 3 rings (SSSR count). The first-order valence-corrected chi connectivity index (χ1v) is 8.56. The molecule has 2 amide bonds. The summed E-state index contributed by atoms with van der Waals surface area (Å²) in [6, 6.07) is 6.42. The van der Waals surface area contributed by atoms with E-state index < -0.39 is 6.09 Å². The van der Waals surface area contributed by atoms with Crippen LogP contribution in [0.5, 0.6) is 0 Å². The summed E-state index contributed by atoms with van der Waals surface area (Å²) in [7, 11) is 0. The van der Waals surface area contributed by atoms with Gasteiger partial charge in [0.05, 0.1) is 6.54 Å². The van der Waals surface area contributed by atoms with Crippen molar-refractivity contribution in [2.45, 2.75) is 19.3 Å². The lowest BCUT2D eigenvalue weighted by Gasteiger charge is -2.41. The topological polar surface area (TPSA) is 70.1 Å². The van der Waals surface area contributed by atoms with Gasteiger partial charge in [0.15, 0.2) is 0 Å². The Morgan fingerprint density at radius 1 is 1.28 bits per heavy atom. The van der Waals surface area contributed by atoms with E-state index in [-0.39, 0.29) is 30.3 Å². The number of hydrogen-bond acceptors (Lipinski definition) is 4. The van der Waals surface area contributed by atoms with Gasteiger partial charge in [0.25, 0.3) is 0 Å². The summed E-state index contributed by atoms with van der Waals surface area (Å²) in [4.78, 5) is 26.9. The van der Waals surface area contributed by atoms with E-state index in [0.29, 0.717) is 45.5 Å². The molecule has 6 nitrogen and oxygen atoms in total. The highest BCUT2D eigenvalue weighted by atomic mass is 19.1. The van der Waals surface area contributed by atoms with Gasteiger partial charge in [0.2, 0.25) is 5.91 Å². The van der Waals surface area contributed by atoms with Crippen molar-refractivity contribution in [2.75, 3.05) is 39.4 Å². The summed E-state index contributed by atoms with van der Waals surface area (Å²) in [5.41, 5.74) is 0.519. The summed E-state index contributed by atoms with van der Waals surface area (Å²) < 4.78 is 18.2. The fraction of sp³-hybridized carbons (Fsp3) is 0.556. The molecule has 1 aromatic carbocycles. The van der Waals surface area contributed by atoms with E-state index in [1.165, 1.54) is 17.0 Å².